The number of anilines is 1. The molecule has 1 aromatic heterocycles. The largest absolute Gasteiger partial charge is 0.399 e. The summed E-state index contributed by atoms with van der Waals surface area (Å²) in [5.41, 5.74) is 8.98. The summed E-state index contributed by atoms with van der Waals surface area (Å²) in [5.74, 6) is 0. The lowest BCUT2D eigenvalue weighted by Gasteiger charge is -2.13. The van der Waals surface area contributed by atoms with E-state index in [1.54, 1.807) is 17.7 Å². The molecule has 0 aliphatic carbocycles. The van der Waals surface area contributed by atoms with Crippen LogP contribution in [0.3, 0.4) is 0 Å². The van der Waals surface area contributed by atoms with E-state index in [9.17, 15) is 8.42 Å². The van der Waals surface area contributed by atoms with Gasteiger partial charge in [-0.05, 0) is 44.5 Å². The number of sulfonamides is 1. The second-order valence-corrected chi connectivity index (χ2v) is 6.08. The molecule has 0 aliphatic rings. The number of aromatic nitrogens is 2. The van der Waals surface area contributed by atoms with Crippen LogP contribution in [0.4, 0.5) is 5.69 Å². The minimum Gasteiger partial charge on any atom is -0.399 e. The van der Waals surface area contributed by atoms with E-state index >= 15 is 0 Å². The van der Waals surface area contributed by atoms with Crippen molar-refractivity contribution in [1.82, 2.24) is 9.78 Å². The van der Waals surface area contributed by atoms with Gasteiger partial charge < -0.3 is 5.73 Å². The Morgan fingerprint density at radius 1 is 1.16 bits per heavy atom. The van der Waals surface area contributed by atoms with Gasteiger partial charge >= 0.3 is 0 Å². The van der Waals surface area contributed by atoms with Crippen LogP contribution in [0, 0.1) is 20.8 Å². The van der Waals surface area contributed by atoms with Crippen molar-refractivity contribution in [2.75, 3.05) is 5.73 Å². The molecule has 0 saturated carbocycles. The zero-order valence-electron chi connectivity index (χ0n) is 11.0. The number of rotatable bonds is 2. The number of nitrogens with two attached hydrogens (primary N) is 2. The second kappa shape index (κ2) is 4.36. The number of aryl methyl sites for hydroxylation is 2. The molecule has 0 aliphatic heterocycles. The Morgan fingerprint density at radius 3 is 2.26 bits per heavy atom. The number of nitrogens with zero attached hydrogens (tertiary/aromatic N) is 2. The lowest BCUT2D eigenvalue weighted by atomic mass is 10.2. The molecule has 19 heavy (non-hydrogen) atoms. The van der Waals surface area contributed by atoms with E-state index in [-0.39, 0.29) is 4.90 Å². The fourth-order valence-corrected chi connectivity index (χ4v) is 2.91. The first-order valence-corrected chi connectivity index (χ1v) is 7.21. The summed E-state index contributed by atoms with van der Waals surface area (Å²) >= 11 is 0. The average Bonchev–Trinajstić information content (AvgIpc) is 2.59. The van der Waals surface area contributed by atoms with Crippen molar-refractivity contribution in [3.63, 3.8) is 0 Å². The van der Waals surface area contributed by atoms with E-state index in [1.807, 2.05) is 19.9 Å². The molecule has 7 heteroatoms. The molecule has 0 saturated heterocycles. The number of benzene rings is 1. The zero-order chi connectivity index (χ0) is 14.4. The molecule has 0 radical (unpaired) electrons. The van der Waals surface area contributed by atoms with Crippen LogP contribution < -0.4 is 10.9 Å². The van der Waals surface area contributed by atoms with E-state index in [1.165, 1.54) is 6.07 Å². The first-order valence-electron chi connectivity index (χ1n) is 5.66. The van der Waals surface area contributed by atoms with Crippen molar-refractivity contribution in [2.24, 2.45) is 5.14 Å². The Balaban J connectivity index is 2.79. The lowest BCUT2D eigenvalue weighted by Crippen LogP contribution is -2.16. The van der Waals surface area contributed by atoms with Crippen LogP contribution in [-0.4, -0.2) is 18.2 Å². The van der Waals surface area contributed by atoms with Gasteiger partial charge in [0.25, 0.3) is 0 Å². The van der Waals surface area contributed by atoms with Crippen molar-refractivity contribution >= 4 is 15.7 Å². The van der Waals surface area contributed by atoms with Crippen molar-refractivity contribution in [2.45, 2.75) is 25.7 Å². The summed E-state index contributed by atoms with van der Waals surface area (Å²) < 4.78 is 24.8. The Morgan fingerprint density at radius 2 is 1.79 bits per heavy atom. The third-order valence-corrected chi connectivity index (χ3v) is 3.94. The highest BCUT2D eigenvalue weighted by Gasteiger charge is 2.17. The van der Waals surface area contributed by atoms with E-state index in [4.69, 9.17) is 10.9 Å². The number of nitrogen functional groups attached to an aromatic ring is 1. The maximum atomic E-state index is 11.6. The standard InChI is InChI=1S/C12H16N4O2S/c1-7-4-8(2)16(15-7)11-5-10(13)6-12(9(11)3)19(14,17)18/h4-6H,13H2,1-3H3,(H2,14,17,18). The monoisotopic (exact) mass is 280 g/mol. The number of primary sulfonamides is 1. The quantitative estimate of drug-likeness (QED) is 0.801. The molecule has 0 atom stereocenters. The maximum absolute atomic E-state index is 11.6. The van der Waals surface area contributed by atoms with Crippen LogP contribution in [0.2, 0.25) is 0 Å². The normalized spacial score (nSPS) is 11.8. The molecule has 0 bridgehead atoms. The van der Waals surface area contributed by atoms with Crippen molar-refractivity contribution in [3.05, 3.63) is 35.2 Å². The minimum absolute atomic E-state index is 0.0232. The highest BCUT2D eigenvalue weighted by molar-refractivity contribution is 7.89. The first kappa shape index (κ1) is 13.6. The van der Waals surface area contributed by atoms with Gasteiger partial charge in [-0.3, -0.25) is 0 Å². The smallest absolute Gasteiger partial charge is 0.238 e. The van der Waals surface area contributed by atoms with Crippen LogP contribution in [0.1, 0.15) is 17.0 Å². The average molecular weight is 280 g/mol. The molecule has 6 nitrogen and oxygen atoms in total. The van der Waals surface area contributed by atoms with Gasteiger partial charge in [0.05, 0.1) is 16.3 Å². The van der Waals surface area contributed by atoms with E-state index in [0.717, 1.165) is 11.4 Å². The van der Waals surface area contributed by atoms with Crippen LogP contribution in [0.5, 0.6) is 0 Å². The summed E-state index contributed by atoms with van der Waals surface area (Å²) in [4.78, 5) is 0.0232. The summed E-state index contributed by atoms with van der Waals surface area (Å²) in [6.07, 6.45) is 0. The predicted octanol–water partition coefficient (Wildman–Crippen LogP) is 1.03. The predicted molar refractivity (Wildman–Crippen MR) is 73.6 cm³/mol. The highest BCUT2D eigenvalue weighted by atomic mass is 32.2. The molecular formula is C12H16N4O2S. The second-order valence-electron chi connectivity index (χ2n) is 4.55. The SMILES string of the molecule is Cc1cc(C)n(-c2cc(N)cc(S(N)(=O)=O)c2C)n1. The molecule has 1 heterocycles. The molecule has 2 rings (SSSR count). The van der Waals surface area contributed by atoms with Crippen LogP contribution >= 0.6 is 0 Å². The van der Waals surface area contributed by atoms with Gasteiger partial charge in [-0.25, -0.2) is 18.2 Å². The van der Waals surface area contributed by atoms with Crippen LogP contribution in [0.15, 0.2) is 23.1 Å². The summed E-state index contributed by atoms with van der Waals surface area (Å²) in [6.45, 7) is 5.44. The molecule has 102 valence electrons. The van der Waals surface area contributed by atoms with Crippen LogP contribution in [0.25, 0.3) is 5.69 Å². The molecule has 0 unspecified atom stereocenters. The third-order valence-electron chi connectivity index (χ3n) is 2.90. The maximum Gasteiger partial charge on any atom is 0.238 e. The van der Waals surface area contributed by atoms with Gasteiger partial charge in [-0.15, -0.1) is 0 Å². The molecule has 0 fully saturated rings. The van der Waals surface area contributed by atoms with Crippen LogP contribution in [-0.2, 0) is 10.0 Å². The molecular weight excluding hydrogens is 264 g/mol. The lowest BCUT2D eigenvalue weighted by molar-refractivity contribution is 0.597. The summed E-state index contributed by atoms with van der Waals surface area (Å²) in [5, 5.41) is 9.53. The molecule has 0 spiro atoms. The Bertz CT molecular complexity index is 747. The van der Waals surface area contributed by atoms with E-state index in [0.29, 0.717) is 16.9 Å². The minimum atomic E-state index is -3.81. The van der Waals surface area contributed by atoms with Crippen molar-refractivity contribution in [3.8, 4) is 5.69 Å². The van der Waals surface area contributed by atoms with Gasteiger partial charge in [-0.2, -0.15) is 5.10 Å². The van der Waals surface area contributed by atoms with E-state index < -0.39 is 10.0 Å². The highest BCUT2D eigenvalue weighted by Crippen LogP contribution is 2.25. The topological polar surface area (TPSA) is 104 Å². The van der Waals surface area contributed by atoms with Gasteiger partial charge in [0.15, 0.2) is 0 Å². The first-order chi connectivity index (χ1) is 8.70. The zero-order valence-corrected chi connectivity index (χ0v) is 11.8. The summed E-state index contributed by atoms with van der Waals surface area (Å²) in [6, 6.07) is 4.95. The Hall–Kier alpha value is -1.86. The number of hydrogen-bond acceptors (Lipinski definition) is 4. The molecule has 2 aromatic rings. The van der Waals surface area contributed by atoms with Crippen molar-refractivity contribution < 1.29 is 8.42 Å². The summed E-state index contributed by atoms with van der Waals surface area (Å²) in [7, 11) is -3.81. The van der Waals surface area contributed by atoms with E-state index in [2.05, 4.69) is 5.10 Å². The molecule has 0 amide bonds. The fraction of sp³-hybridized carbons (Fsp3) is 0.250. The Kier molecular flexibility index (Phi) is 3.11. The van der Waals surface area contributed by atoms with Gasteiger partial charge in [-0.1, -0.05) is 0 Å². The third kappa shape index (κ3) is 2.47. The van der Waals surface area contributed by atoms with Gasteiger partial charge in [0.1, 0.15) is 0 Å². The molecule has 4 N–H and O–H groups in total. The fourth-order valence-electron chi connectivity index (χ4n) is 2.08. The van der Waals surface area contributed by atoms with Crippen molar-refractivity contribution in [1.29, 1.82) is 0 Å². The Labute approximate surface area is 112 Å². The van der Waals surface area contributed by atoms with Gasteiger partial charge in [0.2, 0.25) is 10.0 Å². The van der Waals surface area contributed by atoms with Gasteiger partial charge in [0, 0.05) is 11.4 Å². The molecule has 1 aromatic carbocycles. The number of hydrogen-bond donors (Lipinski definition) is 2.